The summed E-state index contributed by atoms with van der Waals surface area (Å²) in [7, 11) is 0. The molecule has 0 fully saturated rings. The number of rotatable bonds is 4. The van der Waals surface area contributed by atoms with Crippen LogP contribution in [0.5, 0.6) is 0 Å². The van der Waals surface area contributed by atoms with Gasteiger partial charge in [0, 0.05) is 0 Å². The molecule has 2 heterocycles. The molecule has 2 nitrogen and oxygen atoms in total. The predicted molar refractivity (Wildman–Crippen MR) is 169 cm³/mol. The Bertz CT molecular complexity index is 1920. The minimum absolute atomic E-state index is 0. The van der Waals surface area contributed by atoms with Crippen molar-refractivity contribution in [3.63, 3.8) is 0 Å². The van der Waals surface area contributed by atoms with Gasteiger partial charge in [0.05, 0.1) is 0 Å². The van der Waals surface area contributed by atoms with E-state index in [0.29, 0.717) is 7.25 Å². The van der Waals surface area contributed by atoms with E-state index in [-0.39, 0.29) is 24.8 Å². The fourth-order valence-corrected chi connectivity index (χ4v) is 12.7. The van der Waals surface area contributed by atoms with E-state index in [1.165, 1.54) is 55.7 Å². The van der Waals surface area contributed by atoms with E-state index in [1.807, 2.05) is 0 Å². The van der Waals surface area contributed by atoms with Crippen LogP contribution in [-0.4, -0.2) is 9.13 Å². The smallest absolute Gasteiger partial charge is 1.00 e. The van der Waals surface area contributed by atoms with E-state index in [9.17, 15) is 0 Å². The van der Waals surface area contributed by atoms with Gasteiger partial charge >= 0.3 is 254 Å². The predicted octanol–water partition coefficient (Wildman–Crippen LogP) is 4.06. The number of hydrogen-bond acceptors (Lipinski definition) is 0. The van der Waals surface area contributed by atoms with Gasteiger partial charge in [-0.2, -0.15) is 0 Å². The van der Waals surface area contributed by atoms with Crippen LogP contribution >= 0.6 is 0 Å². The minimum atomic E-state index is -1.05. The van der Waals surface area contributed by atoms with E-state index in [0.717, 1.165) is 0 Å². The molecule has 4 aromatic carbocycles. The summed E-state index contributed by atoms with van der Waals surface area (Å²) >= 11 is -1.05. The Hall–Kier alpha value is -3.10. The van der Waals surface area contributed by atoms with E-state index in [2.05, 4.69) is 146 Å². The standard InChI is InChI=1S/2C19H16N.2ClH.Zr/c2*1-13-12-17-16-10-6-7-11-18(16)20(19(17)14(13)2)15-8-4-3-5-9-15;;;/h2*3-12H,1-2H3;2*1H;/q;;;;+2/p-2. The molecule has 2 aliphatic carbocycles. The number of aromatic nitrogens is 2. The van der Waals surface area contributed by atoms with E-state index in [4.69, 9.17) is 0 Å². The molecule has 43 heavy (non-hydrogen) atoms. The van der Waals surface area contributed by atoms with E-state index in [1.54, 1.807) is 22.3 Å². The molecule has 6 aromatic rings. The summed E-state index contributed by atoms with van der Waals surface area (Å²) in [5, 5.41) is 2.86. The van der Waals surface area contributed by atoms with Gasteiger partial charge in [-0.25, -0.2) is 0 Å². The van der Waals surface area contributed by atoms with Gasteiger partial charge < -0.3 is 24.8 Å². The largest absolute Gasteiger partial charge is 1.00 e. The topological polar surface area (TPSA) is 9.86 Å². The van der Waals surface area contributed by atoms with Gasteiger partial charge in [-0.3, -0.25) is 0 Å². The van der Waals surface area contributed by atoms with Crippen molar-refractivity contribution in [2.45, 2.75) is 34.9 Å². The van der Waals surface area contributed by atoms with Crippen LogP contribution in [0.15, 0.2) is 120 Å². The van der Waals surface area contributed by atoms with E-state index < -0.39 is 23.2 Å². The third-order valence-electron chi connectivity index (χ3n) is 9.53. The maximum absolute atomic E-state index is 2.53. The van der Waals surface area contributed by atoms with Crippen LogP contribution < -0.4 is 24.8 Å². The number of hydrogen-bond donors (Lipinski definition) is 0. The van der Waals surface area contributed by atoms with Crippen LogP contribution in [0.4, 0.5) is 0 Å². The SMILES string of the molecule is CC1=C(C)[CH]([Zr+2][CH]2C(C)=C(C)c3c2c2ccccc2n3-c2ccccc2)c2c1n(-c1ccccc1)c1ccccc21.[Cl-].[Cl-]. The molecule has 0 radical (unpaired) electrons. The quantitative estimate of drug-likeness (QED) is 0.267. The summed E-state index contributed by atoms with van der Waals surface area (Å²) in [6.45, 7) is 9.56. The zero-order chi connectivity index (χ0) is 27.8. The summed E-state index contributed by atoms with van der Waals surface area (Å²) in [5.74, 6) is 0. The third kappa shape index (κ3) is 4.31. The molecule has 2 atom stereocenters. The molecule has 2 unspecified atom stereocenters. The third-order valence-corrected chi connectivity index (χ3v) is 14.7. The molecule has 2 aliphatic rings. The van der Waals surface area contributed by atoms with Crippen molar-refractivity contribution < 1.29 is 48.0 Å². The molecule has 0 saturated carbocycles. The second kappa shape index (κ2) is 11.4. The number of para-hydroxylation sites is 4. The molecule has 0 bridgehead atoms. The first-order chi connectivity index (χ1) is 20.1. The normalized spacial score (nSPS) is 17.1. The van der Waals surface area contributed by atoms with Crippen molar-refractivity contribution >= 4 is 33.0 Å². The molecule has 0 spiro atoms. The van der Waals surface area contributed by atoms with Crippen LogP contribution in [0.3, 0.4) is 0 Å². The monoisotopic (exact) mass is 676 g/mol. The average Bonchev–Trinajstić information content (AvgIpc) is 3.68. The number of allylic oxidation sites excluding steroid dienone is 4. The van der Waals surface area contributed by atoms with Crippen LogP contribution in [0.2, 0.25) is 0 Å². The van der Waals surface area contributed by atoms with Crippen LogP contribution in [0.25, 0.3) is 44.3 Å². The summed E-state index contributed by atoms with van der Waals surface area (Å²) in [5.41, 5.74) is 17.3. The Morgan fingerprint density at radius 2 is 0.814 bits per heavy atom. The first kappa shape index (κ1) is 30.0. The average molecular weight is 679 g/mol. The molecule has 0 N–H and O–H groups in total. The van der Waals surface area contributed by atoms with Gasteiger partial charge in [0.2, 0.25) is 0 Å². The number of halogens is 2. The molecule has 5 heteroatoms. The van der Waals surface area contributed by atoms with Gasteiger partial charge in [-0.05, 0) is 0 Å². The Balaban J connectivity index is 0.00000165. The first-order valence-corrected chi connectivity index (χ1v) is 17.4. The van der Waals surface area contributed by atoms with Gasteiger partial charge in [0.25, 0.3) is 0 Å². The molecule has 0 aliphatic heterocycles. The summed E-state index contributed by atoms with van der Waals surface area (Å²) in [6, 6.07) is 40.0. The van der Waals surface area contributed by atoms with Crippen molar-refractivity contribution in [2.24, 2.45) is 0 Å². The molecule has 2 aromatic heterocycles. The Morgan fingerprint density at radius 3 is 1.21 bits per heavy atom. The number of nitrogens with zero attached hydrogens (tertiary/aromatic N) is 2. The fraction of sp³-hybridized carbons (Fsp3) is 0.158. The second-order valence-corrected chi connectivity index (χ2v) is 15.2. The van der Waals surface area contributed by atoms with E-state index >= 15 is 0 Å². The number of benzene rings is 4. The van der Waals surface area contributed by atoms with Crippen molar-refractivity contribution in [2.75, 3.05) is 0 Å². The first-order valence-electron chi connectivity index (χ1n) is 14.5. The maximum Gasteiger partial charge on any atom is -1.00 e. The minimum Gasteiger partial charge on any atom is -1.00 e. The molecule has 0 saturated heterocycles. The van der Waals surface area contributed by atoms with Crippen molar-refractivity contribution in [1.29, 1.82) is 0 Å². The Kier molecular flexibility index (Phi) is 7.97. The van der Waals surface area contributed by atoms with Crippen LogP contribution in [-0.2, 0) is 23.2 Å². The van der Waals surface area contributed by atoms with Crippen LogP contribution in [0, 0.1) is 0 Å². The zero-order valence-electron chi connectivity index (χ0n) is 24.7. The fourth-order valence-electron chi connectivity index (χ4n) is 7.37. The molecular formula is C38H32Cl2N2Zr. The molecule has 212 valence electrons. The van der Waals surface area contributed by atoms with Gasteiger partial charge in [0.15, 0.2) is 0 Å². The van der Waals surface area contributed by atoms with Crippen molar-refractivity contribution in [3.05, 3.63) is 143 Å². The molecule has 0 amide bonds. The van der Waals surface area contributed by atoms with Crippen molar-refractivity contribution in [3.8, 4) is 11.4 Å². The number of fused-ring (bicyclic) bond motifs is 6. The summed E-state index contributed by atoms with van der Waals surface area (Å²) < 4.78 is 6.14. The maximum atomic E-state index is 2.53. The Labute approximate surface area is 277 Å². The van der Waals surface area contributed by atoms with Gasteiger partial charge in [-0.1, -0.05) is 0 Å². The molecule has 8 rings (SSSR count). The summed E-state index contributed by atoms with van der Waals surface area (Å²) in [4.78, 5) is 0. The van der Waals surface area contributed by atoms with Crippen LogP contribution in [0.1, 0.15) is 57.5 Å². The second-order valence-electron chi connectivity index (χ2n) is 11.5. The van der Waals surface area contributed by atoms with Crippen molar-refractivity contribution in [1.82, 2.24) is 9.13 Å². The summed E-state index contributed by atoms with van der Waals surface area (Å²) in [6.07, 6.45) is 0. The molecular weight excluding hydrogens is 647 g/mol. The Morgan fingerprint density at radius 1 is 0.465 bits per heavy atom. The zero-order valence-corrected chi connectivity index (χ0v) is 28.7. The van der Waals surface area contributed by atoms with Gasteiger partial charge in [-0.15, -0.1) is 0 Å². The van der Waals surface area contributed by atoms with Gasteiger partial charge in [0.1, 0.15) is 0 Å².